The van der Waals surface area contributed by atoms with Crippen LogP contribution in [0.4, 0.5) is 8.78 Å². The summed E-state index contributed by atoms with van der Waals surface area (Å²) in [7, 11) is 0. The first-order valence-electron chi connectivity index (χ1n) is 5.82. The maximum absolute atomic E-state index is 13.1. The zero-order valence-electron chi connectivity index (χ0n) is 9.86. The van der Waals surface area contributed by atoms with Crippen LogP contribution in [0.25, 0.3) is 0 Å². The van der Waals surface area contributed by atoms with Gasteiger partial charge in [-0.25, -0.2) is 8.78 Å². The van der Waals surface area contributed by atoms with E-state index in [0.717, 1.165) is 11.6 Å². The second kappa shape index (κ2) is 4.36. The van der Waals surface area contributed by atoms with Gasteiger partial charge in [-0.15, -0.1) is 0 Å². The smallest absolute Gasteiger partial charge is 0.162 e. The third-order valence-corrected chi connectivity index (χ3v) is 3.17. The number of rotatable bonds is 1. The molecule has 4 heteroatoms. The van der Waals surface area contributed by atoms with Gasteiger partial charge in [-0.1, -0.05) is 12.1 Å². The second-order valence-electron chi connectivity index (χ2n) is 4.42. The number of nitrogens with zero attached hydrogens (tertiary/aromatic N) is 1. The van der Waals surface area contributed by atoms with Crippen molar-refractivity contribution >= 4 is 0 Å². The van der Waals surface area contributed by atoms with Crippen molar-refractivity contribution in [3.05, 3.63) is 64.7 Å². The maximum Gasteiger partial charge on any atom is 0.162 e. The Morgan fingerprint density at radius 1 is 1.16 bits per heavy atom. The monoisotopic (exact) mass is 257 g/mol. The highest BCUT2D eigenvalue weighted by Crippen LogP contribution is 2.37. The van der Waals surface area contributed by atoms with Crippen LogP contribution in [0.5, 0.6) is 5.75 Å². The zero-order valence-corrected chi connectivity index (χ0v) is 9.86. The Hall–Kier alpha value is -2.41. The molecule has 0 aromatic heterocycles. The Bertz CT molecular complexity index is 660. The molecule has 1 atom stereocenters. The van der Waals surface area contributed by atoms with Gasteiger partial charge >= 0.3 is 0 Å². The Kier molecular flexibility index (Phi) is 2.68. The van der Waals surface area contributed by atoms with Gasteiger partial charge in [0.25, 0.3) is 0 Å². The molecule has 2 aromatic rings. The van der Waals surface area contributed by atoms with Crippen molar-refractivity contribution in [2.24, 2.45) is 0 Å². The highest BCUT2D eigenvalue weighted by molar-refractivity contribution is 5.42. The number of ether oxygens (including phenoxy) is 1. The number of hydrogen-bond acceptors (Lipinski definition) is 2. The van der Waals surface area contributed by atoms with Gasteiger partial charge in [-0.2, -0.15) is 5.26 Å². The molecule has 0 saturated heterocycles. The van der Waals surface area contributed by atoms with Gasteiger partial charge in [-0.05, 0) is 23.8 Å². The summed E-state index contributed by atoms with van der Waals surface area (Å²) < 4.78 is 31.9. The van der Waals surface area contributed by atoms with Crippen molar-refractivity contribution in [3.8, 4) is 11.8 Å². The van der Waals surface area contributed by atoms with Gasteiger partial charge in [0.05, 0.1) is 11.6 Å². The summed E-state index contributed by atoms with van der Waals surface area (Å²) in [4.78, 5) is 0. The molecule has 1 heterocycles. The van der Waals surface area contributed by atoms with E-state index >= 15 is 0 Å². The molecule has 0 aliphatic carbocycles. The summed E-state index contributed by atoms with van der Waals surface area (Å²) in [6.07, 6.45) is 0.172. The van der Waals surface area contributed by atoms with Gasteiger partial charge < -0.3 is 4.74 Å². The van der Waals surface area contributed by atoms with Crippen LogP contribution in [0.2, 0.25) is 0 Å². The molecule has 19 heavy (non-hydrogen) atoms. The number of benzene rings is 2. The minimum absolute atomic E-state index is 0.301. The van der Waals surface area contributed by atoms with Crippen LogP contribution in [0.1, 0.15) is 22.8 Å². The van der Waals surface area contributed by atoms with Crippen LogP contribution in [-0.2, 0) is 6.42 Å². The Labute approximate surface area is 108 Å². The SMILES string of the molecule is N#Cc1cccc(C2Cc3cc(F)c(F)cc3O2)c1. The van der Waals surface area contributed by atoms with Crippen LogP contribution in [0.15, 0.2) is 36.4 Å². The molecule has 2 aromatic carbocycles. The maximum atomic E-state index is 13.1. The highest BCUT2D eigenvalue weighted by Gasteiger charge is 2.26. The predicted molar refractivity (Wildman–Crippen MR) is 64.6 cm³/mol. The first-order valence-corrected chi connectivity index (χ1v) is 5.82. The fourth-order valence-electron chi connectivity index (χ4n) is 2.23. The van der Waals surface area contributed by atoms with Crippen LogP contribution < -0.4 is 4.74 Å². The second-order valence-corrected chi connectivity index (χ2v) is 4.42. The van der Waals surface area contributed by atoms with E-state index in [1.54, 1.807) is 18.2 Å². The first kappa shape index (κ1) is 11.7. The van der Waals surface area contributed by atoms with Crippen molar-refractivity contribution < 1.29 is 13.5 Å². The van der Waals surface area contributed by atoms with Crippen molar-refractivity contribution in [2.45, 2.75) is 12.5 Å². The molecule has 0 amide bonds. The van der Waals surface area contributed by atoms with Crippen molar-refractivity contribution in [1.82, 2.24) is 0 Å². The molecule has 94 valence electrons. The lowest BCUT2D eigenvalue weighted by molar-refractivity contribution is 0.238. The minimum atomic E-state index is -0.912. The van der Waals surface area contributed by atoms with Crippen LogP contribution in [0, 0.1) is 23.0 Å². The summed E-state index contributed by atoms with van der Waals surface area (Å²) in [5.41, 5.74) is 2.01. The molecule has 0 saturated carbocycles. The normalized spacial score (nSPS) is 16.6. The van der Waals surface area contributed by atoms with Crippen molar-refractivity contribution in [1.29, 1.82) is 5.26 Å². The summed E-state index contributed by atoms with van der Waals surface area (Å²) in [5, 5.41) is 8.86. The van der Waals surface area contributed by atoms with Gasteiger partial charge in [-0.3, -0.25) is 0 Å². The van der Waals surface area contributed by atoms with E-state index < -0.39 is 11.6 Å². The average Bonchev–Trinajstić information content (AvgIpc) is 2.82. The molecule has 0 radical (unpaired) electrons. The fourth-order valence-corrected chi connectivity index (χ4v) is 2.23. The summed E-state index contributed by atoms with van der Waals surface area (Å²) in [6, 6.07) is 11.3. The van der Waals surface area contributed by atoms with Gasteiger partial charge in [0.2, 0.25) is 0 Å². The Balaban J connectivity index is 1.93. The van der Waals surface area contributed by atoms with E-state index in [2.05, 4.69) is 6.07 Å². The third kappa shape index (κ3) is 2.04. The molecule has 3 rings (SSSR count). The van der Waals surface area contributed by atoms with Crippen LogP contribution in [-0.4, -0.2) is 0 Å². The van der Waals surface area contributed by atoms with E-state index in [1.807, 2.05) is 6.07 Å². The third-order valence-electron chi connectivity index (χ3n) is 3.17. The van der Waals surface area contributed by atoms with E-state index in [9.17, 15) is 8.78 Å². The van der Waals surface area contributed by atoms with E-state index in [0.29, 0.717) is 23.3 Å². The number of fused-ring (bicyclic) bond motifs is 1. The molecule has 0 N–H and O–H groups in total. The van der Waals surface area contributed by atoms with E-state index in [4.69, 9.17) is 10.00 Å². The van der Waals surface area contributed by atoms with Crippen LogP contribution in [0.3, 0.4) is 0 Å². The Morgan fingerprint density at radius 2 is 1.95 bits per heavy atom. The van der Waals surface area contributed by atoms with Gasteiger partial charge in [0.1, 0.15) is 11.9 Å². The lowest BCUT2D eigenvalue weighted by Crippen LogP contribution is -2.03. The highest BCUT2D eigenvalue weighted by atomic mass is 19.2. The van der Waals surface area contributed by atoms with E-state index in [1.165, 1.54) is 6.07 Å². The van der Waals surface area contributed by atoms with Crippen molar-refractivity contribution in [2.75, 3.05) is 0 Å². The molecule has 0 spiro atoms. The first-order chi connectivity index (χ1) is 9.17. The predicted octanol–water partition coefficient (Wildman–Crippen LogP) is 3.51. The number of nitriles is 1. The number of halogens is 2. The Morgan fingerprint density at radius 3 is 2.74 bits per heavy atom. The summed E-state index contributed by atoms with van der Waals surface area (Å²) >= 11 is 0. The van der Waals surface area contributed by atoms with Crippen molar-refractivity contribution in [3.63, 3.8) is 0 Å². The number of hydrogen-bond donors (Lipinski definition) is 0. The molecule has 0 bridgehead atoms. The quantitative estimate of drug-likeness (QED) is 0.783. The molecule has 2 nitrogen and oxygen atoms in total. The summed E-state index contributed by atoms with van der Waals surface area (Å²) in [6.45, 7) is 0. The molecular formula is C15H9F2NO. The van der Waals surface area contributed by atoms with Gasteiger partial charge in [0, 0.05) is 18.1 Å². The average molecular weight is 257 g/mol. The molecular weight excluding hydrogens is 248 g/mol. The molecule has 1 unspecified atom stereocenters. The molecule has 0 fully saturated rings. The van der Waals surface area contributed by atoms with Gasteiger partial charge in [0.15, 0.2) is 11.6 Å². The lowest BCUT2D eigenvalue weighted by atomic mass is 10.0. The fraction of sp³-hybridized carbons (Fsp3) is 0.133. The van der Waals surface area contributed by atoms with Crippen LogP contribution >= 0.6 is 0 Å². The van der Waals surface area contributed by atoms with E-state index in [-0.39, 0.29) is 6.10 Å². The zero-order chi connectivity index (χ0) is 13.4. The largest absolute Gasteiger partial charge is 0.485 e. The standard InChI is InChI=1S/C15H9F2NO/c16-12-5-11-6-14(19-15(11)7-13(12)17)10-3-1-2-9(4-10)8-18/h1-5,7,14H,6H2. The molecule has 1 aliphatic heterocycles. The topological polar surface area (TPSA) is 33.0 Å². The minimum Gasteiger partial charge on any atom is -0.485 e. The lowest BCUT2D eigenvalue weighted by Gasteiger charge is -2.10. The summed E-state index contributed by atoms with van der Waals surface area (Å²) in [5.74, 6) is -1.41. The molecule has 1 aliphatic rings.